The fourth-order valence-electron chi connectivity index (χ4n) is 3.60. The first-order valence-corrected chi connectivity index (χ1v) is 8.27. The number of likely N-dealkylation sites (tertiary alicyclic amines) is 1. The molecule has 3 rings (SSSR count). The molecule has 0 aliphatic carbocycles. The van der Waals surface area contributed by atoms with E-state index in [1.165, 1.54) is 9.47 Å². The van der Waals surface area contributed by atoms with Crippen LogP contribution in [0.5, 0.6) is 0 Å². The van der Waals surface area contributed by atoms with Crippen LogP contribution in [-0.4, -0.2) is 45.5 Å². The van der Waals surface area contributed by atoms with Gasteiger partial charge in [-0.3, -0.25) is 14.3 Å². The summed E-state index contributed by atoms with van der Waals surface area (Å²) < 4.78 is 44.2. The Hall–Kier alpha value is -2.29. The maximum Gasteiger partial charge on any atom is 0.522 e. The van der Waals surface area contributed by atoms with Crippen molar-refractivity contribution in [3.8, 4) is 0 Å². The fourth-order valence-corrected chi connectivity index (χ4v) is 3.60. The van der Waals surface area contributed by atoms with Crippen LogP contribution in [0.1, 0.15) is 28.8 Å². The lowest BCUT2D eigenvalue weighted by atomic mass is 10.1. The molecule has 26 heavy (non-hydrogen) atoms. The second kappa shape index (κ2) is 6.46. The molecule has 3 heterocycles. The minimum Gasteiger partial charge on any atom is -0.349 e. The van der Waals surface area contributed by atoms with E-state index < -0.39 is 12.5 Å². The predicted octanol–water partition coefficient (Wildman–Crippen LogP) is 2.33. The average molecular weight is 371 g/mol. The van der Waals surface area contributed by atoms with Crippen LogP contribution < -0.4 is 5.56 Å². The molecule has 1 aliphatic heterocycles. The average Bonchev–Trinajstić information content (AvgIpc) is 2.89. The molecule has 0 unspecified atom stereocenters. The van der Waals surface area contributed by atoms with E-state index in [-0.39, 0.29) is 43.0 Å². The van der Waals surface area contributed by atoms with Crippen molar-refractivity contribution in [2.45, 2.75) is 32.2 Å². The molecule has 0 atom stereocenters. The number of carbonyl (C=O) groups excluding carboxylic acids is 1. The molecule has 0 N–H and O–H groups in total. The molecule has 0 saturated carbocycles. The molecule has 2 aromatic heterocycles. The van der Waals surface area contributed by atoms with Crippen molar-refractivity contribution < 1.29 is 22.7 Å². The van der Waals surface area contributed by atoms with E-state index in [0.29, 0.717) is 10.9 Å². The zero-order chi connectivity index (χ0) is 19.2. The van der Waals surface area contributed by atoms with Crippen LogP contribution in [0.15, 0.2) is 17.2 Å². The molecule has 1 fully saturated rings. The van der Waals surface area contributed by atoms with Crippen LogP contribution in [0.2, 0.25) is 0 Å². The molecule has 0 aromatic carbocycles. The molecule has 1 saturated heterocycles. The van der Waals surface area contributed by atoms with Gasteiger partial charge in [0.05, 0.1) is 22.6 Å². The molecule has 1 aliphatic rings. The van der Waals surface area contributed by atoms with Crippen LogP contribution in [0.3, 0.4) is 0 Å². The van der Waals surface area contributed by atoms with E-state index in [0.717, 1.165) is 5.56 Å². The molecule has 0 radical (unpaired) electrons. The minimum absolute atomic E-state index is 0.104. The van der Waals surface area contributed by atoms with E-state index in [2.05, 4.69) is 4.74 Å². The van der Waals surface area contributed by atoms with E-state index >= 15 is 0 Å². The molecule has 6 nitrogen and oxygen atoms in total. The maximum absolute atomic E-state index is 12.9. The van der Waals surface area contributed by atoms with Gasteiger partial charge in [0, 0.05) is 39.6 Å². The Morgan fingerprint density at radius 2 is 1.77 bits per heavy atom. The summed E-state index contributed by atoms with van der Waals surface area (Å²) in [6.45, 7) is 2.17. The molecule has 2 aromatic rings. The van der Waals surface area contributed by atoms with E-state index in [4.69, 9.17) is 0 Å². The first kappa shape index (κ1) is 18.5. The number of alkyl halides is 3. The topological polar surface area (TPSA) is 56.5 Å². The van der Waals surface area contributed by atoms with Crippen LogP contribution >= 0.6 is 0 Å². The second-order valence-corrected chi connectivity index (χ2v) is 6.66. The van der Waals surface area contributed by atoms with Crippen molar-refractivity contribution in [1.29, 1.82) is 0 Å². The molecule has 0 spiro atoms. The third-order valence-corrected chi connectivity index (χ3v) is 4.74. The Kier molecular flexibility index (Phi) is 4.60. The summed E-state index contributed by atoms with van der Waals surface area (Å²) in [6.07, 6.45) is -2.09. The predicted molar refractivity (Wildman–Crippen MR) is 89.0 cm³/mol. The van der Waals surface area contributed by atoms with Gasteiger partial charge >= 0.3 is 6.36 Å². The maximum atomic E-state index is 12.9. The lowest BCUT2D eigenvalue weighted by molar-refractivity contribution is -0.345. The second-order valence-electron chi connectivity index (χ2n) is 6.66. The molecule has 9 heteroatoms. The number of fused-ring (bicyclic) bond motifs is 1. The molecular formula is C17H20F3N3O3. The Morgan fingerprint density at radius 3 is 2.35 bits per heavy atom. The molecule has 0 bridgehead atoms. The lowest BCUT2D eigenvalue weighted by Gasteiger charge is -2.32. The number of aryl methyl sites for hydroxylation is 3. The number of pyridine rings is 1. The van der Waals surface area contributed by atoms with Gasteiger partial charge in [-0.25, -0.2) is 0 Å². The number of hydrogen-bond acceptors (Lipinski definition) is 3. The highest BCUT2D eigenvalue weighted by molar-refractivity contribution is 6.07. The van der Waals surface area contributed by atoms with Crippen LogP contribution in [-0.2, 0) is 18.8 Å². The number of hydrogen-bond donors (Lipinski definition) is 0. The SMILES string of the molecule is Cc1cn(C)c(=O)c2c(C(=O)N3CCC(OC(F)(F)F)CC3)cn(C)c12. The molecule has 1 amide bonds. The minimum atomic E-state index is -4.67. The number of ether oxygens (including phenoxy) is 1. The Balaban J connectivity index is 1.87. The number of carbonyl (C=O) groups is 1. The van der Waals surface area contributed by atoms with E-state index in [1.807, 2.05) is 6.92 Å². The monoisotopic (exact) mass is 371 g/mol. The fraction of sp³-hybridized carbons (Fsp3) is 0.529. The molecular weight excluding hydrogens is 351 g/mol. The van der Waals surface area contributed by atoms with E-state index in [9.17, 15) is 22.8 Å². The number of aromatic nitrogens is 2. The summed E-state index contributed by atoms with van der Waals surface area (Å²) >= 11 is 0. The van der Waals surface area contributed by atoms with Gasteiger partial charge in [0.2, 0.25) is 0 Å². The van der Waals surface area contributed by atoms with Crippen LogP contribution in [0, 0.1) is 6.92 Å². The standard InChI is InChI=1S/C17H20F3N3O3/c1-10-8-22(3)16(25)13-12(9-21(2)14(10)13)15(24)23-6-4-11(5-7-23)26-17(18,19)20/h8-9,11H,4-7H2,1-3H3. The van der Waals surface area contributed by atoms with Gasteiger partial charge in [-0.05, 0) is 25.3 Å². The highest BCUT2D eigenvalue weighted by Gasteiger charge is 2.36. The number of halogens is 3. The van der Waals surface area contributed by atoms with Crippen LogP contribution in [0.25, 0.3) is 10.9 Å². The number of rotatable bonds is 2. The van der Waals surface area contributed by atoms with Gasteiger partial charge in [0.1, 0.15) is 0 Å². The van der Waals surface area contributed by atoms with Gasteiger partial charge in [-0.1, -0.05) is 0 Å². The first-order chi connectivity index (χ1) is 12.1. The Morgan fingerprint density at radius 1 is 1.15 bits per heavy atom. The van der Waals surface area contributed by atoms with Gasteiger partial charge in [-0.2, -0.15) is 0 Å². The third kappa shape index (κ3) is 3.35. The van der Waals surface area contributed by atoms with Crippen molar-refractivity contribution in [2.24, 2.45) is 14.1 Å². The number of amides is 1. The van der Waals surface area contributed by atoms with Gasteiger partial charge < -0.3 is 14.0 Å². The Labute approximate surface area is 147 Å². The lowest BCUT2D eigenvalue weighted by Crippen LogP contribution is -2.42. The van der Waals surface area contributed by atoms with Crippen molar-refractivity contribution in [2.75, 3.05) is 13.1 Å². The summed E-state index contributed by atoms with van der Waals surface area (Å²) in [5, 5.41) is 0.341. The van der Waals surface area contributed by atoms with Gasteiger partial charge in [0.15, 0.2) is 0 Å². The summed E-state index contributed by atoms with van der Waals surface area (Å²) in [6, 6.07) is 0. The summed E-state index contributed by atoms with van der Waals surface area (Å²) in [4.78, 5) is 26.9. The van der Waals surface area contributed by atoms with Crippen molar-refractivity contribution >= 4 is 16.8 Å². The van der Waals surface area contributed by atoms with Crippen molar-refractivity contribution in [1.82, 2.24) is 14.0 Å². The Bertz CT molecular complexity index is 906. The first-order valence-electron chi connectivity index (χ1n) is 8.27. The summed E-state index contributed by atoms with van der Waals surface area (Å²) in [5.41, 5.74) is 1.56. The van der Waals surface area contributed by atoms with Gasteiger partial charge in [-0.15, -0.1) is 13.2 Å². The summed E-state index contributed by atoms with van der Waals surface area (Å²) in [5.74, 6) is -0.344. The highest BCUT2D eigenvalue weighted by Crippen LogP contribution is 2.26. The molecule has 142 valence electrons. The number of nitrogens with zero attached hydrogens (tertiary/aromatic N) is 3. The third-order valence-electron chi connectivity index (χ3n) is 4.74. The summed E-state index contributed by atoms with van der Waals surface area (Å²) in [7, 11) is 3.38. The number of piperidine rings is 1. The highest BCUT2D eigenvalue weighted by atomic mass is 19.4. The van der Waals surface area contributed by atoms with Crippen LogP contribution in [0.4, 0.5) is 13.2 Å². The largest absolute Gasteiger partial charge is 0.522 e. The van der Waals surface area contributed by atoms with E-state index in [1.54, 1.807) is 31.1 Å². The zero-order valence-corrected chi connectivity index (χ0v) is 14.8. The zero-order valence-electron chi connectivity index (χ0n) is 14.8. The quantitative estimate of drug-likeness (QED) is 0.814. The van der Waals surface area contributed by atoms with Gasteiger partial charge in [0.25, 0.3) is 11.5 Å². The van der Waals surface area contributed by atoms with Crippen molar-refractivity contribution in [3.05, 3.63) is 33.9 Å². The normalized spacial score (nSPS) is 16.5. The van der Waals surface area contributed by atoms with Crippen molar-refractivity contribution in [3.63, 3.8) is 0 Å². The smallest absolute Gasteiger partial charge is 0.349 e.